The van der Waals surface area contributed by atoms with Crippen molar-refractivity contribution in [3.8, 4) is 0 Å². The summed E-state index contributed by atoms with van der Waals surface area (Å²) in [5, 5.41) is 2.65. The van der Waals surface area contributed by atoms with Gasteiger partial charge >= 0.3 is 6.03 Å². The molecule has 1 saturated heterocycles. The van der Waals surface area contributed by atoms with Gasteiger partial charge in [-0.2, -0.15) is 0 Å². The van der Waals surface area contributed by atoms with E-state index in [0.717, 1.165) is 13.1 Å². The third-order valence-electron chi connectivity index (χ3n) is 4.52. The molecule has 0 unspecified atom stereocenters. The van der Waals surface area contributed by atoms with Crippen molar-refractivity contribution in [1.82, 2.24) is 14.8 Å². The number of nitrogens with zero attached hydrogens (tertiary/aromatic N) is 3. The van der Waals surface area contributed by atoms with Crippen LogP contribution in [0.2, 0.25) is 0 Å². The zero-order chi connectivity index (χ0) is 18.5. The maximum Gasteiger partial charge on any atom is 0.322 e. The van der Waals surface area contributed by atoms with Crippen LogP contribution >= 0.6 is 0 Å². The molecule has 0 bridgehead atoms. The Morgan fingerprint density at radius 2 is 1.96 bits per heavy atom. The molecule has 138 valence electrons. The number of halogens is 1. The van der Waals surface area contributed by atoms with Gasteiger partial charge in [0.2, 0.25) is 0 Å². The molecule has 1 N–H and O–H groups in total. The molecular weight excluding hydrogens is 331 g/mol. The van der Waals surface area contributed by atoms with Crippen LogP contribution in [0.15, 0.2) is 48.8 Å². The van der Waals surface area contributed by atoms with Crippen molar-refractivity contribution in [2.45, 2.75) is 26.4 Å². The Morgan fingerprint density at radius 1 is 1.27 bits per heavy atom. The van der Waals surface area contributed by atoms with Crippen molar-refractivity contribution in [3.63, 3.8) is 0 Å². The minimum absolute atomic E-state index is 0.219. The number of urea groups is 1. The van der Waals surface area contributed by atoms with Gasteiger partial charge in [-0.15, -0.1) is 0 Å². The van der Waals surface area contributed by atoms with Gasteiger partial charge < -0.3 is 10.2 Å². The lowest BCUT2D eigenvalue weighted by Gasteiger charge is -2.45. The largest absolute Gasteiger partial charge is 0.322 e. The highest BCUT2D eigenvalue weighted by molar-refractivity contribution is 5.90. The van der Waals surface area contributed by atoms with Crippen LogP contribution in [0.5, 0.6) is 0 Å². The molecule has 0 radical (unpaired) electrons. The van der Waals surface area contributed by atoms with Gasteiger partial charge in [-0.05, 0) is 35.7 Å². The van der Waals surface area contributed by atoms with Crippen LogP contribution in [0.4, 0.5) is 14.9 Å². The molecule has 0 spiro atoms. The normalized spacial score (nSPS) is 14.6. The van der Waals surface area contributed by atoms with E-state index < -0.39 is 5.82 Å². The molecule has 3 rings (SSSR count). The minimum atomic E-state index is -0.419. The van der Waals surface area contributed by atoms with E-state index in [4.69, 9.17) is 0 Å². The highest BCUT2D eigenvalue weighted by atomic mass is 19.1. The fraction of sp³-hybridized carbons (Fsp3) is 0.400. The number of carbonyl (C=O) groups excluding carboxylic acids is 1. The Labute approximate surface area is 153 Å². The molecule has 1 aliphatic heterocycles. The van der Waals surface area contributed by atoms with Gasteiger partial charge in [0.15, 0.2) is 0 Å². The van der Waals surface area contributed by atoms with E-state index in [2.05, 4.69) is 29.0 Å². The van der Waals surface area contributed by atoms with Crippen molar-refractivity contribution in [2.24, 2.45) is 5.92 Å². The lowest BCUT2D eigenvalue weighted by atomic mass is 10.0. The molecule has 6 heteroatoms. The third kappa shape index (κ3) is 4.58. The van der Waals surface area contributed by atoms with Gasteiger partial charge in [-0.3, -0.25) is 9.88 Å². The summed E-state index contributed by atoms with van der Waals surface area (Å²) in [6, 6.07) is 10.3. The van der Waals surface area contributed by atoms with Gasteiger partial charge in [-0.1, -0.05) is 26.0 Å². The van der Waals surface area contributed by atoms with Crippen molar-refractivity contribution >= 4 is 11.7 Å². The highest BCUT2D eigenvalue weighted by Gasteiger charge is 2.35. The molecule has 2 amide bonds. The van der Waals surface area contributed by atoms with E-state index in [9.17, 15) is 9.18 Å². The van der Waals surface area contributed by atoms with E-state index in [1.165, 1.54) is 11.6 Å². The lowest BCUT2D eigenvalue weighted by Crippen LogP contribution is -2.62. The van der Waals surface area contributed by atoms with Crippen molar-refractivity contribution in [1.29, 1.82) is 0 Å². The first-order valence-electron chi connectivity index (χ1n) is 8.96. The second-order valence-electron chi connectivity index (χ2n) is 7.15. The molecule has 1 aliphatic rings. The molecule has 0 saturated carbocycles. The summed E-state index contributed by atoms with van der Waals surface area (Å²) in [6.45, 7) is 7.50. The average Bonchev–Trinajstić information content (AvgIpc) is 2.56. The molecule has 2 aromatic rings. The number of hydrogen-bond donors (Lipinski definition) is 1. The number of para-hydroxylation sites is 1. The summed E-state index contributed by atoms with van der Waals surface area (Å²) in [6.07, 6.45) is 3.61. The first kappa shape index (κ1) is 18.3. The van der Waals surface area contributed by atoms with Crippen LogP contribution in [0.25, 0.3) is 0 Å². The maximum absolute atomic E-state index is 13.7. The van der Waals surface area contributed by atoms with E-state index in [1.54, 1.807) is 35.5 Å². The number of anilines is 1. The van der Waals surface area contributed by atoms with Gasteiger partial charge in [0.05, 0.1) is 5.69 Å². The number of nitrogens with one attached hydrogen (secondary N) is 1. The van der Waals surface area contributed by atoms with Crippen molar-refractivity contribution in [2.75, 3.05) is 25.0 Å². The van der Waals surface area contributed by atoms with E-state index >= 15 is 0 Å². The van der Waals surface area contributed by atoms with E-state index in [1.807, 2.05) is 12.1 Å². The van der Waals surface area contributed by atoms with Crippen LogP contribution in [-0.4, -0.2) is 46.5 Å². The summed E-state index contributed by atoms with van der Waals surface area (Å²) in [5.74, 6) is 0.121. The summed E-state index contributed by atoms with van der Waals surface area (Å²) in [4.78, 5) is 20.5. The van der Waals surface area contributed by atoms with Crippen LogP contribution < -0.4 is 5.32 Å². The Kier molecular flexibility index (Phi) is 5.83. The molecule has 5 nitrogen and oxygen atoms in total. The minimum Gasteiger partial charge on any atom is -0.321 e. The second kappa shape index (κ2) is 8.27. The van der Waals surface area contributed by atoms with Gasteiger partial charge in [0, 0.05) is 44.6 Å². The molecule has 2 heterocycles. The van der Waals surface area contributed by atoms with Gasteiger partial charge in [-0.25, -0.2) is 9.18 Å². The number of aromatic nitrogens is 1. The second-order valence-corrected chi connectivity index (χ2v) is 7.15. The molecule has 1 fully saturated rings. The quantitative estimate of drug-likeness (QED) is 0.860. The summed E-state index contributed by atoms with van der Waals surface area (Å²) >= 11 is 0. The van der Waals surface area contributed by atoms with Crippen LogP contribution in [-0.2, 0) is 6.54 Å². The maximum atomic E-state index is 13.7. The van der Waals surface area contributed by atoms with Crippen LogP contribution in [0.3, 0.4) is 0 Å². The smallest absolute Gasteiger partial charge is 0.321 e. The molecule has 1 aromatic heterocycles. The number of likely N-dealkylation sites (tertiary alicyclic amines) is 1. The lowest BCUT2D eigenvalue weighted by molar-refractivity contribution is 0.0486. The SMILES string of the molecule is CC(C)CN(Cc1ccncc1)C1CN(C(=O)Nc2ccccc2F)C1. The molecule has 26 heavy (non-hydrogen) atoms. The Balaban J connectivity index is 1.56. The topological polar surface area (TPSA) is 48.5 Å². The summed E-state index contributed by atoms with van der Waals surface area (Å²) < 4.78 is 13.7. The van der Waals surface area contributed by atoms with E-state index in [-0.39, 0.29) is 11.7 Å². The fourth-order valence-electron chi connectivity index (χ4n) is 3.14. The Bertz CT molecular complexity index is 732. The number of carbonyl (C=O) groups is 1. The third-order valence-corrected chi connectivity index (χ3v) is 4.52. The Morgan fingerprint density at radius 3 is 2.62 bits per heavy atom. The molecule has 0 atom stereocenters. The van der Waals surface area contributed by atoms with Gasteiger partial charge in [0.1, 0.15) is 5.82 Å². The van der Waals surface area contributed by atoms with Crippen LogP contribution in [0.1, 0.15) is 19.4 Å². The van der Waals surface area contributed by atoms with Gasteiger partial charge in [0.25, 0.3) is 0 Å². The highest BCUT2D eigenvalue weighted by Crippen LogP contribution is 2.21. The van der Waals surface area contributed by atoms with Crippen molar-refractivity contribution in [3.05, 3.63) is 60.2 Å². The first-order chi connectivity index (χ1) is 12.5. The molecule has 0 aliphatic carbocycles. The predicted octanol–water partition coefficient (Wildman–Crippen LogP) is 3.60. The number of pyridine rings is 1. The first-order valence-corrected chi connectivity index (χ1v) is 8.96. The number of rotatable bonds is 6. The summed E-state index contributed by atoms with van der Waals surface area (Å²) in [7, 11) is 0. The zero-order valence-electron chi connectivity index (χ0n) is 15.2. The van der Waals surface area contributed by atoms with Crippen LogP contribution in [0, 0.1) is 11.7 Å². The van der Waals surface area contributed by atoms with E-state index in [0.29, 0.717) is 25.0 Å². The monoisotopic (exact) mass is 356 g/mol. The predicted molar refractivity (Wildman–Crippen MR) is 100 cm³/mol. The Hall–Kier alpha value is -2.47. The van der Waals surface area contributed by atoms with Crippen molar-refractivity contribution < 1.29 is 9.18 Å². The number of benzene rings is 1. The zero-order valence-corrected chi connectivity index (χ0v) is 15.2. The average molecular weight is 356 g/mol. The summed E-state index contributed by atoms with van der Waals surface area (Å²) in [5.41, 5.74) is 1.44. The number of amides is 2. The fourth-order valence-corrected chi connectivity index (χ4v) is 3.14. The standard InChI is InChI=1S/C20H25FN4O/c1-15(2)11-24(12-16-7-9-22-10-8-16)17-13-25(14-17)20(26)23-19-6-4-3-5-18(19)21/h3-10,15,17H,11-14H2,1-2H3,(H,23,26). The number of hydrogen-bond acceptors (Lipinski definition) is 3. The molecule has 1 aromatic carbocycles. The molecular formula is C20H25FN4O.